The van der Waals surface area contributed by atoms with E-state index >= 15 is 0 Å². The van der Waals surface area contributed by atoms with Gasteiger partial charge in [-0.15, -0.1) is 0 Å². The van der Waals surface area contributed by atoms with E-state index in [2.05, 4.69) is 54.9 Å². The number of nitrogens with zero attached hydrogens (tertiary/aromatic N) is 2. The van der Waals surface area contributed by atoms with Crippen LogP contribution in [0.5, 0.6) is 5.75 Å². The van der Waals surface area contributed by atoms with Gasteiger partial charge in [-0.25, -0.2) is 4.79 Å². The number of rotatable bonds is 10. The Kier molecular flexibility index (Phi) is 8.24. The van der Waals surface area contributed by atoms with Crippen LogP contribution in [0.1, 0.15) is 51.1 Å². The van der Waals surface area contributed by atoms with Crippen molar-refractivity contribution in [3.63, 3.8) is 0 Å². The van der Waals surface area contributed by atoms with Gasteiger partial charge >= 0.3 is 5.97 Å². The minimum absolute atomic E-state index is 0.210. The lowest BCUT2D eigenvalue weighted by Gasteiger charge is -2.28. The smallest absolute Gasteiger partial charge is 0.329 e. The monoisotopic (exact) mass is 476 g/mol. The number of aliphatic carboxylic acids is 1. The lowest BCUT2D eigenvalue weighted by molar-refractivity contribution is -0.142. The Labute approximate surface area is 207 Å². The zero-order chi connectivity index (χ0) is 24.8. The lowest BCUT2D eigenvalue weighted by Crippen LogP contribution is -2.23. The molecule has 0 radical (unpaired) electrons. The van der Waals surface area contributed by atoms with Crippen molar-refractivity contribution in [2.45, 2.75) is 52.0 Å². The predicted octanol–water partition coefficient (Wildman–Crippen LogP) is 6.26. The quantitative estimate of drug-likeness (QED) is 0.374. The molecular formula is C29H36N2O4. The molecule has 0 saturated heterocycles. The molecule has 6 nitrogen and oxygen atoms in total. The average molecular weight is 477 g/mol. The highest BCUT2D eigenvalue weighted by Crippen LogP contribution is 2.40. The van der Waals surface area contributed by atoms with Crippen LogP contribution in [0.25, 0.3) is 22.4 Å². The minimum Gasteiger partial charge on any atom is -0.497 e. The number of hydrogen-bond donors (Lipinski definition) is 1. The maximum atomic E-state index is 10.7. The number of ether oxygens (including phenoxy) is 2. The summed E-state index contributed by atoms with van der Waals surface area (Å²) in [6.07, 6.45) is 4.32. The number of benzene rings is 2. The van der Waals surface area contributed by atoms with Crippen LogP contribution in [0.15, 0.2) is 54.6 Å². The third kappa shape index (κ3) is 6.12. The van der Waals surface area contributed by atoms with Crippen LogP contribution in [-0.4, -0.2) is 41.2 Å². The van der Waals surface area contributed by atoms with Gasteiger partial charge in [0.1, 0.15) is 12.4 Å². The van der Waals surface area contributed by atoms with Gasteiger partial charge in [-0.2, -0.15) is 5.10 Å². The maximum absolute atomic E-state index is 10.7. The summed E-state index contributed by atoms with van der Waals surface area (Å²) in [7, 11) is 1.70. The molecule has 186 valence electrons. The second-order valence-corrected chi connectivity index (χ2v) is 9.84. The number of methoxy groups -OCH3 is 1. The molecule has 0 atom stereocenters. The van der Waals surface area contributed by atoms with Gasteiger partial charge in [0.15, 0.2) is 0 Å². The molecule has 0 aliphatic heterocycles. The number of carbonyl (C=O) groups is 1. The van der Waals surface area contributed by atoms with Crippen LogP contribution in [0, 0.1) is 11.8 Å². The fraction of sp³-hybridized carbons (Fsp3) is 0.448. The van der Waals surface area contributed by atoms with Crippen LogP contribution in [-0.2, 0) is 16.1 Å². The van der Waals surface area contributed by atoms with E-state index in [4.69, 9.17) is 19.7 Å². The fourth-order valence-electron chi connectivity index (χ4n) is 5.11. The van der Waals surface area contributed by atoms with Gasteiger partial charge in [-0.1, -0.05) is 56.3 Å². The average Bonchev–Trinajstić information content (AvgIpc) is 3.25. The first kappa shape index (κ1) is 25.0. The summed E-state index contributed by atoms with van der Waals surface area (Å²) in [4.78, 5) is 10.7. The van der Waals surface area contributed by atoms with Gasteiger partial charge in [-0.3, -0.25) is 4.68 Å². The Morgan fingerprint density at radius 1 is 1.03 bits per heavy atom. The molecule has 3 aromatic rings. The van der Waals surface area contributed by atoms with Gasteiger partial charge in [0.25, 0.3) is 0 Å². The molecule has 0 amide bonds. The van der Waals surface area contributed by atoms with Crippen molar-refractivity contribution < 1.29 is 19.4 Å². The Morgan fingerprint density at radius 2 is 1.71 bits per heavy atom. The highest BCUT2D eigenvalue weighted by molar-refractivity contribution is 5.84. The van der Waals surface area contributed by atoms with Crippen molar-refractivity contribution in [3.8, 4) is 28.1 Å². The Bertz CT molecular complexity index is 1110. The number of aromatic nitrogens is 2. The fourth-order valence-corrected chi connectivity index (χ4v) is 5.11. The highest BCUT2D eigenvalue weighted by atomic mass is 16.5. The molecule has 0 bridgehead atoms. The standard InChI is InChI=1S/C29H36N2O4/c1-20(2)28-27(24-10-7-11-25(16-24)34-3)29(23-8-5-4-6-9-23)31(30-28)17-21-12-14-22(15-13-21)18-35-19-26(32)33/h4-11,16,20-22H,12-15,17-19H2,1-3H3,(H,32,33)/t21-,22-. The first-order chi connectivity index (χ1) is 17.0. The van der Waals surface area contributed by atoms with E-state index in [1.54, 1.807) is 7.11 Å². The van der Waals surface area contributed by atoms with E-state index in [-0.39, 0.29) is 12.5 Å². The molecule has 1 aliphatic rings. The molecule has 0 unspecified atom stereocenters. The van der Waals surface area contributed by atoms with Gasteiger partial charge in [-0.05, 0) is 61.1 Å². The van der Waals surface area contributed by atoms with Crippen molar-refractivity contribution in [1.29, 1.82) is 0 Å². The molecule has 1 saturated carbocycles. The van der Waals surface area contributed by atoms with Gasteiger partial charge < -0.3 is 14.6 Å². The molecule has 35 heavy (non-hydrogen) atoms. The minimum atomic E-state index is -0.904. The zero-order valence-electron chi connectivity index (χ0n) is 20.9. The molecule has 1 aliphatic carbocycles. The lowest BCUT2D eigenvalue weighted by atomic mass is 9.82. The molecule has 0 spiro atoms. The normalized spacial score (nSPS) is 18.1. The summed E-state index contributed by atoms with van der Waals surface area (Å²) >= 11 is 0. The van der Waals surface area contributed by atoms with Crippen LogP contribution in [0.3, 0.4) is 0 Å². The van der Waals surface area contributed by atoms with E-state index in [1.807, 2.05) is 18.2 Å². The molecule has 1 fully saturated rings. The van der Waals surface area contributed by atoms with Crippen molar-refractivity contribution in [2.75, 3.05) is 20.3 Å². The molecule has 2 aromatic carbocycles. The third-order valence-corrected chi connectivity index (χ3v) is 6.91. The predicted molar refractivity (Wildman–Crippen MR) is 138 cm³/mol. The topological polar surface area (TPSA) is 73.6 Å². The Balaban J connectivity index is 1.63. The van der Waals surface area contributed by atoms with E-state index in [0.29, 0.717) is 18.4 Å². The molecule has 4 rings (SSSR count). The molecular weight excluding hydrogens is 440 g/mol. The first-order valence-electron chi connectivity index (χ1n) is 12.6. The molecule has 1 aromatic heterocycles. The number of hydrogen-bond acceptors (Lipinski definition) is 4. The van der Waals surface area contributed by atoms with Crippen LogP contribution in [0.2, 0.25) is 0 Å². The van der Waals surface area contributed by atoms with Crippen LogP contribution in [0.4, 0.5) is 0 Å². The summed E-state index contributed by atoms with van der Waals surface area (Å²) in [5, 5.41) is 14.0. The van der Waals surface area contributed by atoms with Crippen molar-refractivity contribution in [3.05, 3.63) is 60.3 Å². The first-order valence-corrected chi connectivity index (χ1v) is 12.6. The number of carboxylic acid groups (broad SMARTS) is 1. The summed E-state index contributed by atoms with van der Waals surface area (Å²) in [5.41, 5.74) is 5.74. The van der Waals surface area contributed by atoms with Crippen LogP contribution >= 0.6 is 0 Å². The summed E-state index contributed by atoms with van der Waals surface area (Å²) in [6, 6.07) is 18.8. The molecule has 6 heteroatoms. The Morgan fingerprint density at radius 3 is 2.37 bits per heavy atom. The largest absolute Gasteiger partial charge is 0.497 e. The van der Waals surface area contributed by atoms with E-state index in [1.165, 1.54) is 11.1 Å². The molecule has 1 N–H and O–H groups in total. The third-order valence-electron chi connectivity index (χ3n) is 6.91. The van der Waals surface area contributed by atoms with E-state index in [9.17, 15) is 4.79 Å². The summed E-state index contributed by atoms with van der Waals surface area (Å²) in [6.45, 7) is 5.60. The Hall–Kier alpha value is -3.12. The van der Waals surface area contributed by atoms with E-state index in [0.717, 1.165) is 54.9 Å². The van der Waals surface area contributed by atoms with E-state index < -0.39 is 5.97 Å². The van der Waals surface area contributed by atoms with Crippen molar-refractivity contribution >= 4 is 5.97 Å². The van der Waals surface area contributed by atoms with Gasteiger partial charge in [0, 0.05) is 17.7 Å². The SMILES string of the molecule is COc1cccc(-c2c(C(C)C)nn(C[C@H]3CC[C@H](COCC(=O)O)CC3)c2-c2ccccc2)c1. The number of carboxylic acids is 1. The summed E-state index contributed by atoms with van der Waals surface area (Å²) in [5.74, 6) is 1.19. The van der Waals surface area contributed by atoms with Crippen molar-refractivity contribution in [1.82, 2.24) is 9.78 Å². The maximum Gasteiger partial charge on any atom is 0.329 e. The molecule has 1 heterocycles. The van der Waals surface area contributed by atoms with Gasteiger partial charge in [0.05, 0.1) is 25.1 Å². The highest BCUT2D eigenvalue weighted by Gasteiger charge is 2.27. The second-order valence-electron chi connectivity index (χ2n) is 9.84. The second kappa shape index (κ2) is 11.5. The van der Waals surface area contributed by atoms with Crippen LogP contribution < -0.4 is 4.74 Å². The van der Waals surface area contributed by atoms with Crippen molar-refractivity contribution in [2.24, 2.45) is 11.8 Å². The summed E-state index contributed by atoms with van der Waals surface area (Å²) < 4.78 is 13.1. The van der Waals surface area contributed by atoms with Gasteiger partial charge in [0.2, 0.25) is 0 Å². The zero-order valence-corrected chi connectivity index (χ0v) is 20.9.